The van der Waals surface area contributed by atoms with Crippen molar-refractivity contribution in [3.63, 3.8) is 0 Å². The molecule has 19 heavy (non-hydrogen) atoms. The summed E-state index contributed by atoms with van der Waals surface area (Å²) in [6, 6.07) is 12.1. The fraction of sp³-hybridized carbons (Fsp3) is 0.200. The van der Waals surface area contributed by atoms with Gasteiger partial charge in [0.05, 0.1) is 12.7 Å². The van der Waals surface area contributed by atoms with Crippen LogP contribution >= 0.6 is 0 Å². The van der Waals surface area contributed by atoms with Crippen LogP contribution in [0.1, 0.15) is 18.1 Å². The van der Waals surface area contributed by atoms with Crippen molar-refractivity contribution < 1.29 is 18.6 Å². The van der Waals surface area contributed by atoms with Crippen LogP contribution in [0.2, 0.25) is 0 Å². The first-order chi connectivity index (χ1) is 9.16. The summed E-state index contributed by atoms with van der Waals surface area (Å²) in [6.07, 6.45) is -0.377. The molecule has 0 fully saturated rings. The third-order valence-electron chi connectivity index (χ3n) is 2.73. The van der Waals surface area contributed by atoms with Gasteiger partial charge in [-0.1, -0.05) is 30.3 Å². The largest absolute Gasteiger partial charge is 0.490 e. The van der Waals surface area contributed by atoms with Gasteiger partial charge in [-0.15, -0.1) is 0 Å². The lowest BCUT2D eigenvalue weighted by Gasteiger charge is -2.12. The number of aliphatic hydroxyl groups excluding tert-OH is 1. The number of hydrogen-bond acceptors (Lipinski definition) is 2. The maximum atomic E-state index is 13.3. The van der Waals surface area contributed by atoms with E-state index in [1.807, 2.05) is 18.2 Å². The highest BCUT2D eigenvalue weighted by Crippen LogP contribution is 2.20. The average molecular weight is 264 g/mol. The minimum atomic E-state index is -0.683. The third kappa shape index (κ3) is 3.76. The summed E-state index contributed by atoms with van der Waals surface area (Å²) < 4.78 is 31.3. The van der Waals surface area contributed by atoms with Crippen molar-refractivity contribution in [2.45, 2.75) is 12.5 Å². The van der Waals surface area contributed by atoms with E-state index >= 15 is 0 Å². The van der Waals surface area contributed by atoms with Crippen LogP contribution in [0.5, 0.6) is 5.75 Å². The van der Waals surface area contributed by atoms with Crippen molar-refractivity contribution in [3.05, 3.63) is 65.7 Å². The Bertz CT molecular complexity index is 529. The van der Waals surface area contributed by atoms with E-state index < -0.39 is 17.7 Å². The molecule has 0 saturated heterocycles. The molecule has 0 radical (unpaired) electrons. The molecule has 0 amide bonds. The molecule has 0 aromatic heterocycles. The highest BCUT2D eigenvalue weighted by atomic mass is 19.1. The molecule has 2 aromatic rings. The quantitative estimate of drug-likeness (QED) is 0.896. The van der Waals surface area contributed by atoms with Gasteiger partial charge >= 0.3 is 0 Å². The van der Waals surface area contributed by atoms with E-state index in [1.165, 1.54) is 0 Å². The summed E-state index contributed by atoms with van der Waals surface area (Å²) in [4.78, 5) is 0. The second-order valence-corrected chi connectivity index (χ2v) is 4.14. The molecule has 1 N–H and O–H groups in total. The Balaban J connectivity index is 1.88. The maximum absolute atomic E-state index is 13.3. The molecule has 1 unspecified atom stereocenters. The van der Waals surface area contributed by atoms with Gasteiger partial charge in [-0.2, -0.15) is 0 Å². The van der Waals surface area contributed by atoms with Gasteiger partial charge in [0.25, 0.3) is 0 Å². The molecule has 0 aliphatic carbocycles. The predicted octanol–water partition coefficient (Wildman–Crippen LogP) is 3.47. The molecule has 0 saturated carbocycles. The van der Waals surface area contributed by atoms with Gasteiger partial charge in [0.15, 0.2) is 11.6 Å². The molecule has 2 rings (SSSR count). The van der Waals surface area contributed by atoms with E-state index in [9.17, 15) is 13.9 Å². The standard InChI is InChI=1S/C15H14F2O2/c16-12-6-7-13(17)15(10-12)19-9-8-14(18)11-4-2-1-3-5-11/h1-7,10,14,18H,8-9H2. The van der Waals surface area contributed by atoms with Gasteiger partial charge in [-0.3, -0.25) is 0 Å². The number of aliphatic hydroxyl groups is 1. The van der Waals surface area contributed by atoms with Crippen LogP contribution in [-0.4, -0.2) is 11.7 Å². The molecule has 2 aromatic carbocycles. The Morgan fingerprint density at radius 3 is 2.53 bits per heavy atom. The van der Waals surface area contributed by atoms with Crippen molar-refractivity contribution in [2.24, 2.45) is 0 Å². The lowest BCUT2D eigenvalue weighted by molar-refractivity contribution is 0.139. The summed E-state index contributed by atoms with van der Waals surface area (Å²) in [5.74, 6) is -1.31. The molecule has 0 spiro atoms. The SMILES string of the molecule is OC(CCOc1cc(F)ccc1F)c1ccccc1. The zero-order chi connectivity index (χ0) is 13.7. The van der Waals surface area contributed by atoms with Gasteiger partial charge in [-0.05, 0) is 17.7 Å². The minimum Gasteiger partial charge on any atom is -0.490 e. The molecule has 100 valence electrons. The molecule has 0 bridgehead atoms. The number of rotatable bonds is 5. The summed E-state index contributed by atoms with van der Waals surface area (Å²) in [6.45, 7) is 0.108. The van der Waals surface area contributed by atoms with Crippen molar-refractivity contribution >= 4 is 0 Å². The first kappa shape index (κ1) is 13.5. The van der Waals surface area contributed by atoms with Crippen LogP contribution < -0.4 is 4.74 Å². The Morgan fingerprint density at radius 2 is 1.79 bits per heavy atom. The lowest BCUT2D eigenvalue weighted by Crippen LogP contribution is -2.06. The van der Waals surface area contributed by atoms with Crippen molar-refractivity contribution in [2.75, 3.05) is 6.61 Å². The van der Waals surface area contributed by atoms with Gasteiger partial charge < -0.3 is 9.84 Å². The normalized spacial score (nSPS) is 12.2. The molecule has 4 heteroatoms. The Kier molecular flexibility index (Phi) is 4.47. The summed E-state index contributed by atoms with van der Waals surface area (Å²) in [5, 5.41) is 9.87. The first-order valence-corrected chi connectivity index (χ1v) is 5.97. The van der Waals surface area contributed by atoms with Gasteiger partial charge in [0.2, 0.25) is 0 Å². The van der Waals surface area contributed by atoms with Crippen LogP contribution in [0, 0.1) is 11.6 Å². The van der Waals surface area contributed by atoms with E-state index in [1.54, 1.807) is 12.1 Å². The number of benzene rings is 2. The molecular formula is C15H14F2O2. The zero-order valence-corrected chi connectivity index (χ0v) is 10.2. The Morgan fingerprint density at radius 1 is 1.05 bits per heavy atom. The molecule has 0 aliphatic heterocycles. The third-order valence-corrected chi connectivity index (χ3v) is 2.73. The highest BCUT2D eigenvalue weighted by Gasteiger charge is 2.09. The number of ether oxygens (including phenoxy) is 1. The fourth-order valence-corrected chi connectivity index (χ4v) is 1.71. The zero-order valence-electron chi connectivity index (χ0n) is 10.2. The van der Waals surface area contributed by atoms with Crippen LogP contribution in [0.25, 0.3) is 0 Å². The Labute approximate surface area is 110 Å². The molecule has 2 nitrogen and oxygen atoms in total. The van der Waals surface area contributed by atoms with E-state index in [-0.39, 0.29) is 12.4 Å². The average Bonchev–Trinajstić information content (AvgIpc) is 2.43. The molecule has 0 aliphatic rings. The summed E-state index contributed by atoms with van der Waals surface area (Å²) in [7, 11) is 0. The topological polar surface area (TPSA) is 29.5 Å². The first-order valence-electron chi connectivity index (χ1n) is 5.97. The second-order valence-electron chi connectivity index (χ2n) is 4.14. The van der Waals surface area contributed by atoms with Crippen molar-refractivity contribution in [1.29, 1.82) is 0 Å². The predicted molar refractivity (Wildman–Crippen MR) is 67.9 cm³/mol. The number of hydrogen-bond donors (Lipinski definition) is 1. The minimum absolute atomic E-state index is 0.108. The van der Waals surface area contributed by atoms with Gasteiger partial charge in [-0.25, -0.2) is 8.78 Å². The van der Waals surface area contributed by atoms with Crippen LogP contribution in [0.3, 0.4) is 0 Å². The highest BCUT2D eigenvalue weighted by molar-refractivity contribution is 5.25. The monoisotopic (exact) mass is 264 g/mol. The van der Waals surface area contributed by atoms with Gasteiger partial charge in [0.1, 0.15) is 5.82 Å². The molecular weight excluding hydrogens is 250 g/mol. The summed E-state index contributed by atoms with van der Waals surface area (Å²) in [5.41, 5.74) is 0.769. The van der Waals surface area contributed by atoms with E-state index in [0.29, 0.717) is 6.42 Å². The van der Waals surface area contributed by atoms with Crippen molar-refractivity contribution in [1.82, 2.24) is 0 Å². The van der Waals surface area contributed by atoms with Crippen LogP contribution in [0.4, 0.5) is 8.78 Å². The molecule has 0 heterocycles. The maximum Gasteiger partial charge on any atom is 0.165 e. The smallest absolute Gasteiger partial charge is 0.165 e. The number of halogens is 2. The van der Waals surface area contributed by atoms with Gasteiger partial charge in [0, 0.05) is 12.5 Å². The van der Waals surface area contributed by atoms with E-state index in [4.69, 9.17) is 4.74 Å². The molecule has 1 atom stereocenters. The second kappa shape index (κ2) is 6.29. The van der Waals surface area contributed by atoms with Crippen LogP contribution in [-0.2, 0) is 0 Å². The summed E-state index contributed by atoms with van der Waals surface area (Å²) >= 11 is 0. The lowest BCUT2D eigenvalue weighted by atomic mass is 10.1. The van der Waals surface area contributed by atoms with E-state index in [0.717, 1.165) is 23.8 Å². The van der Waals surface area contributed by atoms with Crippen molar-refractivity contribution in [3.8, 4) is 5.75 Å². The van der Waals surface area contributed by atoms with Crippen LogP contribution in [0.15, 0.2) is 48.5 Å². The Hall–Kier alpha value is -1.94. The fourth-order valence-electron chi connectivity index (χ4n) is 1.71. The van der Waals surface area contributed by atoms with E-state index in [2.05, 4.69) is 0 Å².